The lowest BCUT2D eigenvalue weighted by Crippen LogP contribution is -2.44. The molecule has 0 aliphatic carbocycles. The summed E-state index contributed by atoms with van der Waals surface area (Å²) < 4.78 is 41.1. The van der Waals surface area contributed by atoms with E-state index in [1.165, 1.54) is 46.8 Å². The number of likely N-dealkylation sites (tertiary alicyclic amines) is 1. The zero-order valence-corrected chi connectivity index (χ0v) is 18.5. The van der Waals surface area contributed by atoms with Crippen molar-refractivity contribution in [1.82, 2.24) is 9.21 Å². The van der Waals surface area contributed by atoms with Crippen LogP contribution in [0.1, 0.15) is 18.4 Å². The third-order valence-electron chi connectivity index (χ3n) is 5.42. The number of nitrogens with zero attached hydrogens (tertiary/aromatic N) is 2. The third kappa shape index (κ3) is 5.18. The van der Waals surface area contributed by atoms with Crippen molar-refractivity contribution in [2.45, 2.75) is 30.2 Å². The van der Waals surface area contributed by atoms with Crippen LogP contribution in [0, 0.1) is 5.82 Å². The summed E-state index contributed by atoms with van der Waals surface area (Å²) in [7, 11) is 0.00991. The van der Waals surface area contributed by atoms with E-state index in [0.717, 1.165) is 25.9 Å². The molecule has 0 bridgehead atoms. The fraction of sp³-hybridized carbons (Fsp3) is 0.381. The quantitative estimate of drug-likeness (QED) is 0.728. The Labute approximate surface area is 181 Å². The van der Waals surface area contributed by atoms with Crippen LogP contribution in [0.5, 0.6) is 0 Å². The van der Waals surface area contributed by atoms with Gasteiger partial charge in [0.05, 0.1) is 11.3 Å². The highest BCUT2D eigenvalue weighted by Crippen LogP contribution is 2.24. The zero-order chi connectivity index (χ0) is 21.9. The average Bonchev–Trinajstić information content (AvgIpc) is 2.71. The summed E-state index contributed by atoms with van der Waals surface area (Å²) in [4.78, 5) is 14.6. The first-order chi connectivity index (χ1) is 14.2. The van der Waals surface area contributed by atoms with Crippen molar-refractivity contribution in [2.75, 3.05) is 32.5 Å². The number of sulfonamides is 1. The molecule has 1 aliphatic heterocycles. The molecule has 1 heterocycles. The molecule has 1 saturated heterocycles. The Kier molecular flexibility index (Phi) is 7.13. The van der Waals surface area contributed by atoms with E-state index in [4.69, 9.17) is 11.6 Å². The molecule has 0 spiro atoms. The maximum absolute atomic E-state index is 13.8. The van der Waals surface area contributed by atoms with Gasteiger partial charge < -0.3 is 10.2 Å². The summed E-state index contributed by atoms with van der Waals surface area (Å²) in [6.07, 6.45) is 1.36. The van der Waals surface area contributed by atoms with Crippen molar-refractivity contribution in [3.63, 3.8) is 0 Å². The maximum atomic E-state index is 13.8. The normalized spacial score (nSPS) is 16.0. The van der Waals surface area contributed by atoms with Gasteiger partial charge in [-0.05, 0) is 69.4 Å². The molecule has 0 atom stereocenters. The summed E-state index contributed by atoms with van der Waals surface area (Å²) in [5.74, 6) is -0.989. The number of hydrogen-bond donors (Lipinski definition) is 1. The van der Waals surface area contributed by atoms with E-state index in [9.17, 15) is 17.6 Å². The lowest BCUT2D eigenvalue weighted by molar-refractivity contribution is -0.115. The highest BCUT2D eigenvalue weighted by atomic mass is 35.5. The van der Waals surface area contributed by atoms with Gasteiger partial charge in [0.25, 0.3) is 0 Å². The number of amides is 1. The fourth-order valence-electron chi connectivity index (χ4n) is 3.50. The van der Waals surface area contributed by atoms with Gasteiger partial charge in [0, 0.05) is 29.4 Å². The number of carbonyl (C=O) groups excluding carboxylic acids is 1. The fourth-order valence-corrected chi connectivity index (χ4v) is 5.14. The number of nitrogens with one attached hydrogen (secondary N) is 1. The number of piperidine rings is 1. The van der Waals surface area contributed by atoms with E-state index in [1.54, 1.807) is 7.05 Å². The predicted octanol–water partition coefficient (Wildman–Crippen LogP) is 3.38. The maximum Gasteiger partial charge on any atom is 0.243 e. The van der Waals surface area contributed by atoms with Crippen LogP contribution in [0.3, 0.4) is 0 Å². The first-order valence-electron chi connectivity index (χ1n) is 9.68. The number of hydrogen-bond acceptors (Lipinski definition) is 4. The van der Waals surface area contributed by atoms with Crippen molar-refractivity contribution in [2.24, 2.45) is 0 Å². The van der Waals surface area contributed by atoms with Gasteiger partial charge in [-0.25, -0.2) is 12.8 Å². The second-order valence-corrected chi connectivity index (χ2v) is 9.91. The van der Waals surface area contributed by atoms with Crippen LogP contribution in [-0.2, 0) is 21.2 Å². The Morgan fingerprint density at radius 1 is 1.20 bits per heavy atom. The Morgan fingerprint density at radius 2 is 1.83 bits per heavy atom. The highest BCUT2D eigenvalue weighted by molar-refractivity contribution is 7.89. The van der Waals surface area contributed by atoms with Gasteiger partial charge in [-0.15, -0.1) is 0 Å². The Bertz CT molecular complexity index is 986. The lowest BCUT2D eigenvalue weighted by atomic mass is 10.1. The molecule has 30 heavy (non-hydrogen) atoms. The van der Waals surface area contributed by atoms with Crippen LogP contribution in [0.4, 0.5) is 10.1 Å². The molecular formula is C21H25ClFN3O3S. The molecule has 0 saturated carbocycles. The molecule has 1 aliphatic rings. The second kappa shape index (κ2) is 9.43. The summed E-state index contributed by atoms with van der Waals surface area (Å²) >= 11 is 5.96. The van der Waals surface area contributed by atoms with Crippen LogP contribution in [-0.4, -0.2) is 56.8 Å². The van der Waals surface area contributed by atoms with Crippen LogP contribution < -0.4 is 5.32 Å². The van der Waals surface area contributed by atoms with E-state index in [0.29, 0.717) is 5.69 Å². The minimum Gasteiger partial charge on any atom is -0.326 e. The molecule has 0 aromatic heterocycles. The van der Waals surface area contributed by atoms with Crippen LogP contribution in [0.2, 0.25) is 5.02 Å². The lowest BCUT2D eigenvalue weighted by Gasteiger charge is -2.34. The summed E-state index contributed by atoms with van der Waals surface area (Å²) in [6, 6.07) is 10.2. The number of anilines is 1. The Hall–Kier alpha value is -2.00. The van der Waals surface area contributed by atoms with E-state index in [-0.39, 0.29) is 27.9 Å². The van der Waals surface area contributed by atoms with Crippen molar-refractivity contribution >= 4 is 33.2 Å². The van der Waals surface area contributed by atoms with Crippen molar-refractivity contribution in [3.8, 4) is 0 Å². The first-order valence-corrected chi connectivity index (χ1v) is 11.5. The molecule has 1 N–H and O–H groups in total. The van der Waals surface area contributed by atoms with E-state index >= 15 is 0 Å². The highest BCUT2D eigenvalue weighted by Gasteiger charge is 2.30. The van der Waals surface area contributed by atoms with Gasteiger partial charge in [-0.3, -0.25) is 4.79 Å². The zero-order valence-electron chi connectivity index (χ0n) is 16.9. The molecule has 3 rings (SSSR count). The Morgan fingerprint density at radius 3 is 2.43 bits per heavy atom. The number of benzene rings is 2. The smallest absolute Gasteiger partial charge is 0.243 e. The standard InChI is InChI=1S/C21H25ClFN3O3S/c1-25-12-10-16(11-13-25)26(2)30(28,29)17-8-6-15(7-9-17)24-21(27)14-18-19(22)4-3-5-20(18)23/h3-9,16H,10-14H2,1-2H3,(H,24,27). The Balaban J connectivity index is 1.66. The third-order valence-corrected chi connectivity index (χ3v) is 7.69. The van der Waals surface area contributed by atoms with Gasteiger partial charge in [0.15, 0.2) is 0 Å². The summed E-state index contributed by atoms with van der Waals surface area (Å²) in [5, 5.41) is 2.83. The molecule has 6 nitrogen and oxygen atoms in total. The van der Waals surface area contributed by atoms with E-state index in [2.05, 4.69) is 10.2 Å². The van der Waals surface area contributed by atoms with E-state index < -0.39 is 21.7 Å². The van der Waals surface area contributed by atoms with Gasteiger partial charge in [0.1, 0.15) is 5.82 Å². The molecule has 1 fully saturated rings. The second-order valence-electron chi connectivity index (χ2n) is 7.51. The van der Waals surface area contributed by atoms with Gasteiger partial charge >= 0.3 is 0 Å². The number of halogens is 2. The van der Waals surface area contributed by atoms with Crippen molar-refractivity contribution < 1.29 is 17.6 Å². The molecule has 0 radical (unpaired) electrons. The predicted molar refractivity (Wildman–Crippen MR) is 116 cm³/mol. The number of rotatable bonds is 6. The van der Waals surface area contributed by atoms with Crippen LogP contribution >= 0.6 is 11.6 Å². The molecule has 1 amide bonds. The molecule has 0 unspecified atom stereocenters. The first kappa shape index (κ1) is 22.7. The van der Waals surface area contributed by atoms with E-state index in [1.807, 2.05) is 7.05 Å². The molecule has 2 aromatic rings. The molecule has 9 heteroatoms. The molecule has 162 valence electrons. The molecule has 2 aromatic carbocycles. The SMILES string of the molecule is CN1CCC(N(C)S(=O)(=O)c2ccc(NC(=O)Cc3c(F)cccc3Cl)cc2)CC1. The van der Waals surface area contributed by atoms with Crippen molar-refractivity contribution in [1.29, 1.82) is 0 Å². The van der Waals surface area contributed by atoms with Crippen molar-refractivity contribution in [3.05, 3.63) is 58.9 Å². The monoisotopic (exact) mass is 453 g/mol. The summed E-state index contributed by atoms with van der Waals surface area (Å²) in [5.41, 5.74) is 0.545. The minimum atomic E-state index is -3.63. The van der Waals surface area contributed by atoms with Gasteiger partial charge in [0.2, 0.25) is 15.9 Å². The average molecular weight is 454 g/mol. The van der Waals surface area contributed by atoms with Gasteiger partial charge in [-0.2, -0.15) is 4.31 Å². The number of carbonyl (C=O) groups is 1. The van der Waals surface area contributed by atoms with Crippen LogP contribution in [0.15, 0.2) is 47.4 Å². The topological polar surface area (TPSA) is 69.7 Å². The van der Waals surface area contributed by atoms with Gasteiger partial charge in [-0.1, -0.05) is 17.7 Å². The van der Waals surface area contributed by atoms with Crippen LogP contribution in [0.25, 0.3) is 0 Å². The molecular weight excluding hydrogens is 429 g/mol. The minimum absolute atomic E-state index is 0.0314. The summed E-state index contributed by atoms with van der Waals surface area (Å²) in [6.45, 7) is 1.73. The largest absolute Gasteiger partial charge is 0.326 e.